The average molecular weight is 259 g/mol. The van der Waals surface area contributed by atoms with Crippen molar-refractivity contribution in [2.45, 2.75) is 66.0 Å². The molecule has 0 spiro atoms. The fourth-order valence-electron chi connectivity index (χ4n) is 3.44. The number of hydrogen-bond donors (Lipinski definition) is 1. The first-order valence-electron chi connectivity index (χ1n) is 7.74. The van der Waals surface area contributed by atoms with Crippen molar-refractivity contribution in [3.63, 3.8) is 0 Å². The maximum Gasteiger partial charge on any atom is 0.0376 e. The Balaban J connectivity index is 2.21. The van der Waals surface area contributed by atoms with Gasteiger partial charge in [0.25, 0.3) is 0 Å². The van der Waals surface area contributed by atoms with Crippen LogP contribution in [0.1, 0.15) is 64.6 Å². The van der Waals surface area contributed by atoms with Crippen LogP contribution >= 0.6 is 0 Å². The average Bonchev–Trinajstić information content (AvgIpc) is 2.32. The fraction of sp³-hybridized carbons (Fsp3) is 0.667. The molecule has 0 aliphatic heterocycles. The van der Waals surface area contributed by atoms with Crippen molar-refractivity contribution in [3.05, 3.63) is 35.4 Å². The first kappa shape index (κ1) is 14.6. The highest BCUT2D eigenvalue weighted by Gasteiger charge is 2.36. The van der Waals surface area contributed by atoms with Crippen LogP contribution in [-0.2, 0) is 6.42 Å². The monoisotopic (exact) mass is 259 g/mol. The minimum absolute atomic E-state index is 0.347. The molecular weight excluding hydrogens is 230 g/mol. The predicted octanol–water partition coefficient (Wildman–Crippen LogP) is 4.72. The van der Waals surface area contributed by atoms with E-state index >= 15 is 0 Å². The number of benzene rings is 1. The van der Waals surface area contributed by atoms with Crippen molar-refractivity contribution in [3.8, 4) is 0 Å². The summed E-state index contributed by atoms with van der Waals surface area (Å²) in [5, 5.41) is 3.90. The van der Waals surface area contributed by atoms with Gasteiger partial charge in [-0.25, -0.2) is 0 Å². The van der Waals surface area contributed by atoms with E-state index in [-0.39, 0.29) is 0 Å². The van der Waals surface area contributed by atoms with E-state index < -0.39 is 0 Å². The summed E-state index contributed by atoms with van der Waals surface area (Å²) in [5.74, 6) is 0.754. The number of fused-ring (bicyclic) bond motifs is 1. The predicted molar refractivity (Wildman–Crippen MR) is 83.3 cm³/mol. The Bertz CT molecular complexity index is 419. The second-order valence-electron chi connectivity index (χ2n) is 7.32. The summed E-state index contributed by atoms with van der Waals surface area (Å²) in [6.45, 7) is 11.7. The number of rotatable bonds is 4. The Hall–Kier alpha value is -0.820. The van der Waals surface area contributed by atoms with Crippen LogP contribution in [0, 0.1) is 11.3 Å². The highest BCUT2D eigenvalue weighted by Crippen LogP contribution is 2.43. The van der Waals surface area contributed by atoms with Gasteiger partial charge in [0.1, 0.15) is 0 Å². The molecule has 2 unspecified atom stereocenters. The molecule has 0 bridgehead atoms. The van der Waals surface area contributed by atoms with Gasteiger partial charge in [-0.05, 0) is 48.6 Å². The van der Waals surface area contributed by atoms with E-state index in [0.717, 1.165) is 5.92 Å². The van der Waals surface area contributed by atoms with E-state index in [2.05, 4.69) is 64.2 Å². The molecule has 19 heavy (non-hydrogen) atoms. The molecule has 2 atom stereocenters. The zero-order valence-electron chi connectivity index (χ0n) is 13.2. The van der Waals surface area contributed by atoms with Gasteiger partial charge in [0, 0.05) is 12.1 Å². The third kappa shape index (κ3) is 3.39. The van der Waals surface area contributed by atoms with Gasteiger partial charge in [0.05, 0.1) is 0 Å². The number of nitrogens with one attached hydrogen (secondary N) is 1. The summed E-state index contributed by atoms with van der Waals surface area (Å²) in [6, 6.07) is 10.0. The summed E-state index contributed by atoms with van der Waals surface area (Å²) in [7, 11) is 0. The lowest BCUT2D eigenvalue weighted by molar-refractivity contribution is 0.190. The molecule has 1 aromatic carbocycles. The molecule has 1 aliphatic carbocycles. The quantitative estimate of drug-likeness (QED) is 0.824. The van der Waals surface area contributed by atoms with Crippen LogP contribution in [0.2, 0.25) is 0 Å². The molecule has 1 aromatic rings. The summed E-state index contributed by atoms with van der Waals surface area (Å²) in [4.78, 5) is 0. The van der Waals surface area contributed by atoms with Gasteiger partial charge in [-0.1, -0.05) is 52.0 Å². The standard InChI is InChI=1S/C18H29N/c1-13(2)12-14(3)19-17-16-9-7-6-8-15(16)10-11-18(17,4)5/h6-9,13-14,17,19H,10-12H2,1-5H3. The zero-order chi connectivity index (χ0) is 14.0. The Labute approximate surface area is 118 Å². The lowest BCUT2D eigenvalue weighted by atomic mass is 9.70. The van der Waals surface area contributed by atoms with Gasteiger partial charge in [-0.2, -0.15) is 0 Å². The molecule has 0 saturated heterocycles. The molecule has 2 rings (SSSR count). The van der Waals surface area contributed by atoms with Crippen LogP contribution in [-0.4, -0.2) is 6.04 Å². The number of hydrogen-bond acceptors (Lipinski definition) is 1. The van der Waals surface area contributed by atoms with Crippen LogP contribution < -0.4 is 5.32 Å². The Morgan fingerprint density at radius 2 is 1.89 bits per heavy atom. The summed E-state index contributed by atoms with van der Waals surface area (Å²) in [5.41, 5.74) is 3.41. The second kappa shape index (κ2) is 5.66. The van der Waals surface area contributed by atoms with E-state index in [9.17, 15) is 0 Å². The molecule has 1 heteroatoms. The van der Waals surface area contributed by atoms with Crippen molar-refractivity contribution >= 4 is 0 Å². The van der Waals surface area contributed by atoms with Crippen LogP contribution in [0.25, 0.3) is 0 Å². The molecule has 0 heterocycles. The second-order valence-corrected chi connectivity index (χ2v) is 7.32. The van der Waals surface area contributed by atoms with Crippen molar-refractivity contribution < 1.29 is 0 Å². The molecule has 0 amide bonds. The largest absolute Gasteiger partial charge is 0.307 e. The molecule has 1 nitrogen and oxygen atoms in total. The van der Waals surface area contributed by atoms with Gasteiger partial charge in [0.2, 0.25) is 0 Å². The Morgan fingerprint density at radius 1 is 1.21 bits per heavy atom. The normalized spacial score (nSPS) is 23.2. The van der Waals surface area contributed by atoms with E-state index in [1.54, 1.807) is 0 Å². The zero-order valence-corrected chi connectivity index (χ0v) is 13.2. The lowest BCUT2D eigenvalue weighted by Gasteiger charge is -2.42. The number of aryl methyl sites for hydroxylation is 1. The minimum atomic E-state index is 0.347. The third-order valence-corrected chi connectivity index (χ3v) is 4.46. The van der Waals surface area contributed by atoms with E-state index in [0.29, 0.717) is 17.5 Å². The topological polar surface area (TPSA) is 12.0 Å². The van der Waals surface area contributed by atoms with Crippen LogP contribution in [0.15, 0.2) is 24.3 Å². The van der Waals surface area contributed by atoms with E-state index in [4.69, 9.17) is 0 Å². The summed E-state index contributed by atoms with van der Waals surface area (Å²) >= 11 is 0. The highest BCUT2D eigenvalue weighted by molar-refractivity contribution is 5.34. The molecular formula is C18H29N. The molecule has 1 aliphatic rings. The maximum absolute atomic E-state index is 3.90. The molecule has 0 aromatic heterocycles. The van der Waals surface area contributed by atoms with Gasteiger partial charge in [-0.15, -0.1) is 0 Å². The van der Waals surface area contributed by atoms with Crippen molar-refractivity contribution in [2.75, 3.05) is 0 Å². The van der Waals surface area contributed by atoms with Gasteiger partial charge < -0.3 is 5.32 Å². The van der Waals surface area contributed by atoms with Crippen molar-refractivity contribution in [2.24, 2.45) is 11.3 Å². The first-order chi connectivity index (χ1) is 8.90. The van der Waals surface area contributed by atoms with Crippen molar-refractivity contribution in [1.29, 1.82) is 0 Å². The molecule has 1 N–H and O–H groups in total. The van der Waals surface area contributed by atoms with E-state index in [1.807, 2.05) is 0 Å². The van der Waals surface area contributed by atoms with Crippen molar-refractivity contribution in [1.82, 2.24) is 5.32 Å². The summed E-state index contributed by atoms with van der Waals surface area (Å²) < 4.78 is 0. The van der Waals surface area contributed by atoms with Crippen LogP contribution in [0.4, 0.5) is 0 Å². The molecule has 0 saturated carbocycles. The third-order valence-electron chi connectivity index (χ3n) is 4.46. The van der Waals surface area contributed by atoms with Crippen LogP contribution in [0.3, 0.4) is 0 Å². The molecule has 106 valence electrons. The highest BCUT2D eigenvalue weighted by atomic mass is 15.0. The maximum atomic E-state index is 3.90. The minimum Gasteiger partial charge on any atom is -0.307 e. The Kier molecular flexibility index (Phi) is 4.35. The van der Waals surface area contributed by atoms with Crippen LogP contribution in [0.5, 0.6) is 0 Å². The SMILES string of the molecule is CC(C)CC(C)NC1c2ccccc2CCC1(C)C. The smallest absolute Gasteiger partial charge is 0.0376 e. The molecule has 0 fully saturated rings. The first-order valence-corrected chi connectivity index (χ1v) is 7.74. The van der Waals surface area contributed by atoms with Gasteiger partial charge >= 0.3 is 0 Å². The lowest BCUT2D eigenvalue weighted by Crippen LogP contribution is -2.42. The summed E-state index contributed by atoms with van der Waals surface area (Å²) in [6.07, 6.45) is 3.74. The molecule has 0 radical (unpaired) electrons. The Morgan fingerprint density at radius 3 is 2.58 bits per heavy atom. The van der Waals surface area contributed by atoms with Gasteiger partial charge in [0.15, 0.2) is 0 Å². The van der Waals surface area contributed by atoms with Gasteiger partial charge in [-0.3, -0.25) is 0 Å². The fourth-order valence-corrected chi connectivity index (χ4v) is 3.44. The van der Waals surface area contributed by atoms with E-state index in [1.165, 1.54) is 30.4 Å².